The van der Waals surface area contributed by atoms with Crippen LogP contribution < -0.4 is 10.1 Å². The standard InChI is InChI=1S/C18H32O2.C17H18F3NO.ClH/c19-18(20)16-10-8-6-4-2-1-3-5-7-9-13-17-14-11-12-15-17;1-21-12-11-16(13-5-3-2-4-6-13)22-15-9-7-14(8-10-15)17(18,19)20;/h11,14,17H,1-10,12-13,15-16H2,(H,19,20);2-10,16,21H,11-12H2,1H3;1H. The molecule has 2 atom stereocenters. The lowest BCUT2D eigenvalue weighted by Crippen LogP contribution is -2.16. The summed E-state index contributed by atoms with van der Waals surface area (Å²) >= 11 is 0. The Morgan fingerprint density at radius 3 is 2.00 bits per heavy atom. The molecule has 0 fully saturated rings. The zero-order chi connectivity index (χ0) is 30.5. The highest BCUT2D eigenvalue weighted by Gasteiger charge is 2.30. The molecule has 0 amide bonds. The molecule has 2 unspecified atom stereocenters. The van der Waals surface area contributed by atoms with E-state index in [1.807, 2.05) is 37.4 Å². The molecule has 1 aliphatic carbocycles. The Kier molecular flexibility index (Phi) is 20.6. The average molecular weight is 626 g/mol. The molecule has 0 aliphatic heterocycles. The molecule has 242 valence electrons. The third-order valence-corrected chi connectivity index (χ3v) is 7.62. The summed E-state index contributed by atoms with van der Waals surface area (Å²) in [7, 11) is 1.85. The number of hydrogen-bond donors (Lipinski definition) is 2. The van der Waals surface area contributed by atoms with Crippen molar-refractivity contribution in [3.8, 4) is 5.75 Å². The number of carbonyl (C=O) groups is 1. The molecule has 0 radical (unpaired) electrons. The number of aliphatic carboxylic acids is 1. The Morgan fingerprint density at radius 2 is 1.49 bits per heavy atom. The van der Waals surface area contributed by atoms with Gasteiger partial charge in [-0.15, -0.1) is 12.4 Å². The average Bonchev–Trinajstić information content (AvgIpc) is 3.50. The second-order valence-corrected chi connectivity index (χ2v) is 11.2. The predicted octanol–water partition coefficient (Wildman–Crippen LogP) is 10.6. The third kappa shape index (κ3) is 18.0. The summed E-state index contributed by atoms with van der Waals surface area (Å²) in [6.45, 7) is 0.750. The first-order valence-corrected chi connectivity index (χ1v) is 15.7. The number of rotatable bonds is 19. The van der Waals surface area contributed by atoms with Gasteiger partial charge < -0.3 is 15.2 Å². The molecule has 43 heavy (non-hydrogen) atoms. The van der Waals surface area contributed by atoms with Crippen molar-refractivity contribution in [3.05, 3.63) is 77.9 Å². The van der Waals surface area contributed by atoms with E-state index in [-0.39, 0.29) is 18.5 Å². The van der Waals surface area contributed by atoms with Crippen LogP contribution in [0.4, 0.5) is 13.2 Å². The van der Waals surface area contributed by atoms with E-state index < -0.39 is 17.7 Å². The molecule has 0 aromatic heterocycles. The fraction of sp³-hybridized carbons (Fsp3) is 0.571. The summed E-state index contributed by atoms with van der Waals surface area (Å²) in [6.07, 6.45) is 18.1. The van der Waals surface area contributed by atoms with E-state index in [0.717, 1.165) is 49.4 Å². The molecule has 4 nitrogen and oxygen atoms in total. The van der Waals surface area contributed by atoms with Crippen LogP contribution in [0.25, 0.3) is 0 Å². The van der Waals surface area contributed by atoms with Gasteiger partial charge in [0, 0.05) is 12.8 Å². The summed E-state index contributed by atoms with van der Waals surface area (Å²) in [5.41, 5.74) is 0.323. The molecule has 0 bridgehead atoms. The molecule has 2 aromatic rings. The SMILES string of the molecule is CNCCC(Oc1ccc(C(F)(F)F)cc1)c1ccccc1.Cl.O=C(O)CCCCCCCCCCCCC1C=CCC1. The lowest BCUT2D eigenvalue weighted by molar-refractivity contribution is -0.138. The van der Waals surface area contributed by atoms with Crippen LogP contribution in [0.3, 0.4) is 0 Å². The lowest BCUT2D eigenvalue weighted by Gasteiger charge is -2.20. The largest absolute Gasteiger partial charge is 0.486 e. The number of allylic oxidation sites excluding steroid dienone is 2. The summed E-state index contributed by atoms with van der Waals surface area (Å²) in [6, 6.07) is 14.4. The predicted molar refractivity (Wildman–Crippen MR) is 172 cm³/mol. The Morgan fingerprint density at radius 1 is 0.907 bits per heavy atom. The second kappa shape index (κ2) is 22.9. The number of benzene rings is 2. The van der Waals surface area contributed by atoms with Gasteiger partial charge in [-0.3, -0.25) is 4.79 Å². The molecule has 0 saturated heterocycles. The number of carboxylic acid groups (broad SMARTS) is 1. The maximum atomic E-state index is 12.6. The van der Waals surface area contributed by atoms with Crippen LogP contribution in [0.15, 0.2) is 66.7 Å². The van der Waals surface area contributed by atoms with Crippen molar-refractivity contribution in [1.82, 2.24) is 5.32 Å². The minimum atomic E-state index is -4.33. The van der Waals surface area contributed by atoms with E-state index >= 15 is 0 Å². The number of alkyl halides is 3. The fourth-order valence-electron chi connectivity index (χ4n) is 5.16. The molecule has 1 aliphatic rings. The van der Waals surface area contributed by atoms with Gasteiger partial charge >= 0.3 is 12.1 Å². The monoisotopic (exact) mass is 625 g/mol. The molecule has 2 N–H and O–H groups in total. The van der Waals surface area contributed by atoms with Crippen molar-refractivity contribution in [2.45, 2.75) is 109 Å². The Hall–Kier alpha value is -2.51. The first kappa shape index (κ1) is 38.5. The normalized spacial score (nSPS) is 14.8. The van der Waals surface area contributed by atoms with Crippen molar-refractivity contribution in [2.24, 2.45) is 5.92 Å². The zero-order valence-electron chi connectivity index (χ0n) is 25.6. The fourth-order valence-corrected chi connectivity index (χ4v) is 5.16. The minimum absolute atomic E-state index is 0. The van der Waals surface area contributed by atoms with Crippen molar-refractivity contribution < 1.29 is 27.8 Å². The van der Waals surface area contributed by atoms with Gasteiger partial charge in [-0.25, -0.2) is 0 Å². The topological polar surface area (TPSA) is 58.6 Å². The van der Waals surface area contributed by atoms with Crippen LogP contribution in [0.1, 0.15) is 114 Å². The van der Waals surface area contributed by atoms with E-state index in [4.69, 9.17) is 9.84 Å². The second-order valence-electron chi connectivity index (χ2n) is 11.2. The van der Waals surface area contributed by atoms with Crippen molar-refractivity contribution in [3.63, 3.8) is 0 Å². The molecule has 0 spiro atoms. The number of ether oxygens (including phenoxy) is 1. The summed E-state index contributed by atoms with van der Waals surface area (Å²) in [4.78, 5) is 10.3. The zero-order valence-corrected chi connectivity index (χ0v) is 26.4. The summed E-state index contributed by atoms with van der Waals surface area (Å²) in [5, 5.41) is 11.6. The Balaban J connectivity index is 0.000000422. The highest BCUT2D eigenvalue weighted by molar-refractivity contribution is 5.85. The van der Waals surface area contributed by atoms with Crippen molar-refractivity contribution in [2.75, 3.05) is 13.6 Å². The smallest absolute Gasteiger partial charge is 0.416 e. The van der Waals surface area contributed by atoms with Crippen molar-refractivity contribution >= 4 is 18.4 Å². The third-order valence-electron chi connectivity index (χ3n) is 7.62. The van der Waals surface area contributed by atoms with Gasteiger partial charge in [-0.05, 0) is 75.0 Å². The van der Waals surface area contributed by atoms with E-state index in [9.17, 15) is 18.0 Å². The van der Waals surface area contributed by atoms with Gasteiger partial charge in [-0.1, -0.05) is 100 Å². The highest BCUT2D eigenvalue weighted by Crippen LogP contribution is 2.32. The highest BCUT2D eigenvalue weighted by atomic mass is 35.5. The van der Waals surface area contributed by atoms with Crippen molar-refractivity contribution in [1.29, 1.82) is 0 Å². The van der Waals surface area contributed by atoms with Crippen LogP contribution in [0, 0.1) is 5.92 Å². The Labute approximate surface area is 262 Å². The van der Waals surface area contributed by atoms with Gasteiger partial charge in [-0.2, -0.15) is 13.2 Å². The van der Waals surface area contributed by atoms with Gasteiger partial charge in [0.05, 0.1) is 5.56 Å². The van der Waals surface area contributed by atoms with Crippen LogP contribution in [-0.2, 0) is 11.0 Å². The van der Waals surface area contributed by atoms with Crippen LogP contribution >= 0.6 is 12.4 Å². The minimum Gasteiger partial charge on any atom is -0.486 e. The first-order valence-electron chi connectivity index (χ1n) is 15.7. The molecular weight excluding hydrogens is 575 g/mol. The van der Waals surface area contributed by atoms with Gasteiger partial charge in [0.25, 0.3) is 0 Å². The quantitative estimate of drug-likeness (QED) is 0.120. The van der Waals surface area contributed by atoms with Gasteiger partial charge in [0.15, 0.2) is 0 Å². The van der Waals surface area contributed by atoms with E-state index in [0.29, 0.717) is 12.2 Å². The van der Waals surface area contributed by atoms with Crippen LogP contribution in [0.5, 0.6) is 5.75 Å². The lowest BCUT2D eigenvalue weighted by atomic mass is 9.99. The van der Waals surface area contributed by atoms with Gasteiger partial charge in [0.2, 0.25) is 0 Å². The maximum Gasteiger partial charge on any atom is 0.416 e. The first-order chi connectivity index (χ1) is 20.3. The van der Waals surface area contributed by atoms with E-state index in [1.54, 1.807) is 0 Å². The molecule has 0 heterocycles. The molecule has 3 rings (SSSR count). The summed E-state index contributed by atoms with van der Waals surface area (Å²) in [5.74, 6) is 0.664. The van der Waals surface area contributed by atoms with E-state index in [2.05, 4.69) is 17.5 Å². The maximum absolute atomic E-state index is 12.6. The number of carboxylic acids is 1. The van der Waals surface area contributed by atoms with Crippen LogP contribution in [-0.4, -0.2) is 24.7 Å². The summed E-state index contributed by atoms with van der Waals surface area (Å²) < 4.78 is 43.6. The molecular formula is C35H51ClF3NO3. The molecule has 8 heteroatoms. The number of hydrogen-bond acceptors (Lipinski definition) is 3. The molecule has 0 saturated carbocycles. The van der Waals surface area contributed by atoms with Gasteiger partial charge in [0.1, 0.15) is 11.9 Å². The van der Waals surface area contributed by atoms with E-state index in [1.165, 1.54) is 82.8 Å². The number of halogens is 4. The number of nitrogens with one attached hydrogen (secondary N) is 1. The van der Waals surface area contributed by atoms with Crippen LogP contribution in [0.2, 0.25) is 0 Å². The number of unbranched alkanes of at least 4 members (excludes halogenated alkanes) is 9. The molecule has 2 aromatic carbocycles. The Bertz CT molecular complexity index is 1000.